The molecule has 266 valence electrons. The SMILES string of the molecule is CCCCCCCC(=O)Nc1cc(NC(=N)N)cc(C(=O)NCC(=O)NC[C@H](NC(=O)[C@@H]2CCCN2S(=O)(=O)c2ccccc2)C(=O)O)c1. The second-order valence-corrected chi connectivity index (χ2v) is 13.4. The molecule has 1 aliphatic heterocycles. The van der Waals surface area contributed by atoms with E-state index in [4.69, 9.17) is 11.1 Å². The highest BCUT2D eigenvalue weighted by molar-refractivity contribution is 7.89. The number of benzene rings is 2. The van der Waals surface area contributed by atoms with Crippen LogP contribution in [0.4, 0.5) is 11.4 Å². The van der Waals surface area contributed by atoms with Crippen LogP contribution in [0.5, 0.6) is 0 Å². The molecule has 16 nitrogen and oxygen atoms in total. The molecule has 49 heavy (non-hydrogen) atoms. The number of guanidine groups is 1. The summed E-state index contributed by atoms with van der Waals surface area (Å²) in [6.07, 6.45) is 5.72. The number of aliphatic carboxylic acids is 1. The molecule has 0 saturated carbocycles. The van der Waals surface area contributed by atoms with Crippen molar-refractivity contribution >= 4 is 57.0 Å². The molecule has 17 heteroatoms. The number of nitrogens with two attached hydrogens (primary N) is 1. The van der Waals surface area contributed by atoms with Crippen LogP contribution < -0.4 is 32.3 Å². The number of sulfonamides is 1. The fourth-order valence-corrected chi connectivity index (χ4v) is 6.88. The molecular formula is C32H44N8O8S. The van der Waals surface area contributed by atoms with Crippen molar-refractivity contribution in [1.82, 2.24) is 20.3 Å². The number of anilines is 2. The topological polar surface area (TPSA) is 253 Å². The van der Waals surface area contributed by atoms with Gasteiger partial charge in [0, 0.05) is 36.4 Å². The van der Waals surface area contributed by atoms with Gasteiger partial charge in [-0.05, 0) is 49.6 Å². The molecular weight excluding hydrogens is 656 g/mol. The lowest BCUT2D eigenvalue weighted by molar-refractivity contribution is -0.142. The lowest BCUT2D eigenvalue weighted by atomic mass is 10.1. The van der Waals surface area contributed by atoms with Crippen LogP contribution in [0.25, 0.3) is 0 Å². The van der Waals surface area contributed by atoms with Gasteiger partial charge in [-0.1, -0.05) is 50.8 Å². The predicted molar refractivity (Wildman–Crippen MR) is 182 cm³/mol. The molecule has 2 aromatic rings. The van der Waals surface area contributed by atoms with Crippen LogP contribution in [-0.2, 0) is 29.2 Å². The lowest BCUT2D eigenvalue weighted by Gasteiger charge is -2.25. The number of nitrogens with zero attached hydrogens (tertiary/aromatic N) is 1. The van der Waals surface area contributed by atoms with E-state index in [9.17, 15) is 37.5 Å². The molecule has 0 spiro atoms. The van der Waals surface area contributed by atoms with E-state index in [1.807, 2.05) is 0 Å². The van der Waals surface area contributed by atoms with Gasteiger partial charge in [0.25, 0.3) is 5.91 Å². The molecule has 2 atom stereocenters. The molecule has 1 saturated heterocycles. The fourth-order valence-electron chi connectivity index (χ4n) is 5.20. The van der Waals surface area contributed by atoms with E-state index in [0.29, 0.717) is 19.3 Å². The van der Waals surface area contributed by atoms with Gasteiger partial charge in [0.05, 0.1) is 11.4 Å². The molecule has 0 aliphatic carbocycles. The summed E-state index contributed by atoms with van der Waals surface area (Å²) < 4.78 is 27.3. The van der Waals surface area contributed by atoms with Crippen LogP contribution in [-0.4, -0.2) is 85.1 Å². The summed E-state index contributed by atoms with van der Waals surface area (Å²) in [6.45, 7) is 1.09. The third kappa shape index (κ3) is 11.9. The Morgan fingerprint density at radius 1 is 0.959 bits per heavy atom. The third-order valence-electron chi connectivity index (χ3n) is 7.65. The number of hydrogen-bond donors (Lipinski definition) is 8. The molecule has 2 aromatic carbocycles. The van der Waals surface area contributed by atoms with Gasteiger partial charge >= 0.3 is 5.97 Å². The first kappa shape index (κ1) is 38.4. The Bertz CT molecular complexity index is 1620. The fraction of sp³-hybridized carbons (Fsp3) is 0.438. The number of rotatable bonds is 18. The molecule has 0 unspecified atom stereocenters. The van der Waals surface area contributed by atoms with Crippen molar-refractivity contribution in [2.24, 2.45) is 5.73 Å². The Hall–Kier alpha value is -5.03. The maximum atomic E-state index is 13.1. The molecule has 0 radical (unpaired) electrons. The average molecular weight is 701 g/mol. The van der Waals surface area contributed by atoms with Crippen molar-refractivity contribution in [3.63, 3.8) is 0 Å². The monoisotopic (exact) mass is 700 g/mol. The van der Waals surface area contributed by atoms with Crippen molar-refractivity contribution in [3.8, 4) is 0 Å². The van der Waals surface area contributed by atoms with Gasteiger partial charge in [-0.3, -0.25) is 24.6 Å². The van der Waals surface area contributed by atoms with Gasteiger partial charge in [0.1, 0.15) is 12.1 Å². The minimum Gasteiger partial charge on any atom is -0.480 e. The summed E-state index contributed by atoms with van der Waals surface area (Å²) in [7, 11) is -4.00. The summed E-state index contributed by atoms with van der Waals surface area (Å²) in [6, 6.07) is 9.14. The van der Waals surface area contributed by atoms with E-state index in [1.165, 1.54) is 30.3 Å². The van der Waals surface area contributed by atoms with E-state index >= 15 is 0 Å². The Morgan fingerprint density at radius 3 is 2.29 bits per heavy atom. The van der Waals surface area contributed by atoms with Gasteiger partial charge in [-0.2, -0.15) is 4.31 Å². The minimum absolute atomic E-state index is 0.00905. The van der Waals surface area contributed by atoms with Gasteiger partial charge in [-0.15, -0.1) is 0 Å². The maximum absolute atomic E-state index is 13.1. The molecule has 0 aromatic heterocycles. The van der Waals surface area contributed by atoms with Gasteiger partial charge in [0.2, 0.25) is 27.7 Å². The standard InChI is InChI=1S/C32H44N8O8S/c1-2-3-4-5-9-14-27(41)37-22-16-21(17-23(18-22)38-32(33)34)29(43)36-20-28(42)35-19-25(31(45)46)39-30(44)26-13-10-15-40(26)49(47,48)24-11-7-6-8-12-24/h6-8,11-12,16-18,25-26H,2-5,9-10,13-15,19-20H2,1H3,(H,35,42)(H,36,43)(H,37,41)(H,39,44)(H,45,46)(H4,33,34,38)/t25-,26-/m0/s1. The molecule has 1 fully saturated rings. The summed E-state index contributed by atoms with van der Waals surface area (Å²) >= 11 is 0. The van der Waals surface area contributed by atoms with E-state index in [-0.39, 0.29) is 40.7 Å². The van der Waals surface area contributed by atoms with Crippen LogP contribution >= 0.6 is 0 Å². The third-order valence-corrected chi connectivity index (χ3v) is 9.57. The lowest BCUT2D eigenvalue weighted by Crippen LogP contribution is -2.54. The number of amides is 4. The highest BCUT2D eigenvalue weighted by Gasteiger charge is 2.40. The molecule has 1 heterocycles. The molecule has 3 rings (SSSR count). The van der Waals surface area contributed by atoms with Gasteiger partial charge in [-0.25, -0.2) is 13.2 Å². The number of carboxylic acids is 1. The van der Waals surface area contributed by atoms with Crippen molar-refractivity contribution in [1.29, 1.82) is 5.41 Å². The Labute approximate surface area is 285 Å². The molecule has 9 N–H and O–H groups in total. The normalized spacial score (nSPS) is 15.1. The van der Waals surface area contributed by atoms with Gasteiger partial charge < -0.3 is 37.4 Å². The zero-order valence-corrected chi connectivity index (χ0v) is 28.1. The number of carbonyl (C=O) groups excluding carboxylic acids is 4. The molecule has 1 aliphatic rings. The van der Waals surface area contributed by atoms with Crippen molar-refractivity contribution in [2.75, 3.05) is 30.3 Å². The predicted octanol–water partition coefficient (Wildman–Crippen LogP) is 1.56. The summed E-state index contributed by atoms with van der Waals surface area (Å²) in [5, 5.41) is 29.5. The smallest absolute Gasteiger partial charge is 0.328 e. The second kappa shape index (κ2) is 18.5. The number of hydrogen-bond acceptors (Lipinski definition) is 8. The van der Waals surface area contributed by atoms with Crippen LogP contribution in [0, 0.1) is 5.41 Å². The molecule has 4 amide bonds. The summed E-state index contributed by atoms with van der Waals surface area (Å²) in [5.41, 5.74) is 6.00. The Kier molecular flexibility index (Phi) is 14.5. The molecule has 0 bridgehead atoms. The average Bonchev–Trinajstić information content (AvgIpc) is 3.57. The quantitative estimate of drug-likeness (QED) is 0.0633. The number of carbonyl (C=O) groups is 5. The Balaban J connectivity index is 1.56. The number of carboxylic acid groups (broad SMARTS) is 1. The summed E-state index contributed by atoms with van der Waals surface area (Å²) in [4.78, 5) is 62.9. The van der Waals surface area contributed by atoms with Crippen LogP contribution in [0.15, 0.2) is 53.4 Å². The second-order valence-electron chi connectivity index (χ2n) is 11.5. The maximum Gasteiger partial charge on any atom is 0.328 e. The minimum atomic E-state index is -4.00. The van der Waals surface area contributed by atoms with Gasteiger partial charge in [0.15, 0.2) is 5.96 Å². The van der Waals surface area contributed by atoms with Crippen LogP contribution in [0.1, 0.15) is 68.6 Å². The first-order valence-electron chi connectivity index (χ1n) is 16.0. The van der Waals surface area contributed by atoms with Crippen molar-refractivity contribution in [2.45, 2.75) is 75.3 Å². The first-order chi connectivity index (χ1) is 23.3. The van der Waals surface area contributed by atoms with E-state index in [0.717, 1.165) is 30.0 Å². The van der Waals surface area contributed by atoms with Crippen LogP contribution in [0.3, 0.4) is 0 Å². The van der Waals surface area contributed by atoms with E-state index < -0.39 is 64.8 Å². The van der Waals surface area contributed by atoms with Crippen molar-refractivity contribution < 1.29 is 37.5 Å². The van der Waals surface area contributed by atoms with Crippen molar-refractivity contribution in [3.05, 3.63) is 54.1 Å². The van der Waals surface area contributed by atoms with E-state index in [1.54, 1.807) is 18.2 Å². The number of unbranched alkanes of at least 4 members (excludes halogenated alkanes) is 4. The first-order valence-corrected chi connectivity index (χ1v) is 17.5. The summed E-state index contributed by atoms with van der Waals surface area (Å²) in [5.74, 6) is -4.40. The highest BCUT2D eigenvalue weighted by atomic mass is 32.2. The number of nitrogens with one attached hydrogen (secondary N) is 6. The van der Waals surface area contributed by atoms with Crippen LogP contribution in [0.2, 0.25) is 0 Å². The Morgan fingerprint density at radius 2 is 1.63 bits per heavy atom. The zero-order valence-electron chi connectivity index (χ0n) is 27.3. The highest BCUT2D eigenvalue weighted by Crippen LogP contribution is 2.26. The van der Waals surface area contributed by atoms with E-state index in [2.05, 4.69) is 33.5 Å². The largest absolute Gasteiger partial charge is 0.480 e. The zero-order chi connectivity index (χ0) is 36.0.